The van der Waals surface area contributed by atoms with Crippen LogP contribution in [0, 0.1) is 0 Å². The number of halogens is 1. The van der Waals surface area contributed by atoms with E-state index in [0.29, 0.717) is 11.6 Å². The monoisotopic (exact) mass is 389 g/mol. The lowest BCUT2D eigenvalue weighted by Gasteiger charge is -2.29. The molecule has 0 aliphatic carbocycles. The maximum atomic E-state index is 11.2. The molecule has 0 heterocycles. The molecule has 2 rings (SSSR count). The molecular formula is C22H28ClNO3. The normalized spacial score (nSPS) is 12.6. The van der Waals surface area contributed by atoms with Crippen LogP contribution in [-0.4, -0.2) is 17.7 Å². The van der Waals surface area contributed by atoms with Crippen LogP contribution in [0.5, 0.6) is 0 Å². The molecule has 2 aromatic rings. The highest BCUT2D eigenvalue weighted by atomic mass is 35.5. The molecule has 0 spiro atoms. The van der Waals surface area contributed by atoms with E-state index in [1.54, 1.807) is 0 Å². The van der Waals surface area contributed by atoms with Crippen LogP contribution >= 0.6 is 11.6 Å². The predicted octanol–water partition coefficient (Wildman–Crippen LogP) is 6.32. The van der Waals surface area contributed by atoms with Gasteiger partial charge in [0, 0.05) is 28.6 Å². The van der Waals surface area contributed by atoms with E-state index >= 15 is 0 Å². The number of carbonyl (C=O) groups is 1. The zero-order valence-corrected chi connectivity index (χ0v) is 17.1. The van der Waals surface area contributed by atoms with Gasteiger partial charge in [0.2, 0.25) is 0 Å². The fourth-order valence-electron chi connectivity index (χ4n) is 3.28. The van der Waals surface area contributed by atoms with Gasteiger partial charge in [-0.1, -0.05) is 30.7 Å². The highest BCUT2D eigenvalue weighted by Crippen LogP contribution is 2.36. The summed E-state index contributed by atoms with van der Waals surface area (Å²) in [5, 5.41) is 13.3. The van der Waals surface area contributed by atoms with Crippen LogP contribution in [0.25, 0.3) is 0 Å². The second kappa shape index (κ2) is 9.25. The van der Waals surface area contributed by atoms with Crippen molar-refractivity contribution in [3.05, 3.63) is 58.6 Å². The van der Waals surface area contributed by atoms with Crippen LogP contribution in [0.4, 0.5) is 11.4 Å². The summed E-state index contributed by atoms with van der Waals surface area (Å²) in [6.07, 6.45) is 0.881. The fraction of sp³-hybridized carbons (Fsp3) is 0.409. The van der Waals surface area contributed by atoms with Crippen LogP contribution in [0.3, 0.4) is 0 Å². The number of ether oxygens (including phenoxy) is 1. The van der Waals surface area contributed by atoms with Crippen molar-refractivity contribution in [3.63, 3.8) is 0 Å². The zero-order valence-electron chi connectivity index (χ0n) is 16.4. The third-order valence-electron chi connectivity index (χ3n) is 4.71. The minimum atomic E-state index is -0.784. The van der Waals surface area contributed by atoms with Gasteiger partial charge in [0.1, 0.15) is 0 Å². The molecule has 27 heavy (non-hydrogen) atoms. The summed E-state index contributed by atoms with van der Waals surface area (Å²) in [6.45, 7) is 8.66. The Morgan fingerprint density at radius 2 is 1.85 bits per heavy atom. The van der Waals surface area contributed by atoms with Gasteiger partial charge in [-0.3, -0.25) is 4.79 Å². The summed E-state index contributed by atoms with van der Waals surface area (Å²) in [5.74, 6) is -0.815. The molecule has 0 bridgehead atoms. The Labute approximate surface area is 166 Å². The van der Waals surface area contributed by atoms with Crippen molar-refractivity contribution in [2.45, 2.75) is 52.1 Å². The first-order valence-electron chi connectivity index (χ1n) is 9.29. The highest BCUT2D eigenvalue weighted by molar-refractivity contribution is 6.30. The van der Waals surface area contributed by atoms with Gasteiger partial charge >= 0.3 is 5.97 Å². The molecule has 1 atom stereocenters. The van der Waals surface area contributed by atoms with E-state index in [2.05, 4.69) is 5.32 Å². The number of rotatable bonds is 9. The molecule has 0 radical (unpaired) electrons. The molecule has 2 aromatic carbocycles. The number of hydrogen-bond donors (Lipinski definition) is 2. The number of hydrogen-bond acceptors (Lipinski definition) is 3. The molecule has 5 heteroatoms. The Hall–Kier alpha value is -2.04. The fourth-order valence-corrected chi connectivity index (χ4v) is 3.41. The maximum absolute atomic E-state index is 11.2. The third kappa shape index (κ3) is 5.72. The molecule has 1 unspecified atom stereocenters. The van der Waals surface area contributed by atoms with Gasteiger partial charge in [-0.15, -0.1) is 0 Å². The molecule has 0 aliphatic heterocycles. The van der Waals surface area contributed by atoms with Crippen LogP contribution in [0.15, 0.2) is 42.5 Å². The third-order valence-corrected chi connectivity index (χ3v) is 4.96. The van der Waals surface area contributed by atoms with Crippen LogP contribution in [0.1, 0.15) is 57.6 Å². The smallest absolute Gasteiger partial charge is 0.303 e. The van der Waals surface area contributed by atoms with E-state index in [1.165, 1.54) is 0 Å². The zero-order chi connectivity index (χ0) is 20.0. The Balaban J connectivity index is 2.47. The first-order chi connectivity index (χ1) is 12.8. The first-order valence-corrected chi connectivity index (χ1v) is 9.67. The number of nitrogens with one attached hydrogen (secondary N) is 1. The van der Waals surface area contributed by atoms with Gasteiger partial charge in [-0.05, 0) is 69.0 Å². The van der Waals surface area contributed by atoms with Gasteiger partial charge in [-0.25, -0.2) is 0 Å². The largest absolute Gasteiger partial charge is 0.481 e. The van der Waals surface area contributed by atoms with Crippen LogP contribution in [-0.2, 0) is 15.1 Å². The average Bonchev–Trinajstić information content (AvgIpc) is 2.61. The molecule has 146 valence electrons. The standard InChI is InChI=1S/C22H28ClNO3/c1-5-15(14-21(25)26)16-7-12-19(22(3,4)27-6-2)20(13-16)24-18-10-8-17(23)9-11-18/h7-13,15,24H,5-6,14H2,1-4H3,(H,25,26). The average molecular weight is 390 g/mol. The number of benzene rings is 2. The number of carboxylic acids is 1. The number of aliphatic carboxylic acids is 1. The second-order valence-electron chi connectivity index (χ2n) is 7.08. The van der Waals surface area contributed by atoms with Gasteiger partial charge < -0.3 is 15.2 Å². The molecule has 0 fully saturated rings. The lowest BCUT2D eigenvalue weighted by molar-refractivity contribution is -0.137. The van der Waals surface area contributed by atoms with Crippen molar-refractivity contribution >= 4 is 28.9 Å². The van der Waals surface area contributed by atoms with E-state index in [4.69, 9.17) is 16.3 Å². The summed E-state index contributed by atoms with van der Waals surface area (Å²) in [5.41, 5.74) is 3.38. The Kier molecular flexibility index (Phi) is 7.28. The van der Waals surface area contributed by atoms with E-state index in [1.807, 2.05) is 70.2 Å². The molecule has 0 aromatic heterocycles. The Morgan fingerprint density at radius 3 is 2.41 bits per heavy atom. The van der Waals surface area contributed by atoms with Crippen molar-refractivity contribution < 1.29 is 14.6 Å². The molecule has 0 amide bonds. The molecule has 0 aliphatic rings. The van der Waals surface area contributed by atoms with Crippen molar-refractivity contribution in [2.75, 3.05) is 11.9 Å². The topological polar surface area (TPSA) is 58.6 Å². The number of anilines is 2. The summed E-state index contributed by atoms with van der Waals surface area (Å²) < 4.78 is 5.95. The molecular weight excluding hydrogens is 362 g/mol. The predicted molar refractivity (Wildman–Crippen MR) is 111 cm³/mol. The minimum Gasteiger partial charge on any atom is -0.481 e. The van der Waals surface area contributed by atoms with E-state index < -0.39 is 11.6 Å². The Bertz CT molecular complexity index is 772. The van der Waals surface area contributed by atoms with Gasteiger partial charge in [0.25, 0.3) is 0 Å². The lowest BCUT2D eigenvalue weighted by Crippen LogP contribution is -2.23. The Morgan fingerprint density at radius 1 is 1.19 bits per heavy atom. The van der Waals surface area contributed by atoms with Crippen molar-refractivity contribution in [1.29, 1.82) is 0 Å². The van der Waals surface area contributed by atoms with E-state index in [0.717, 1.165) is 28.9 Å². The molecule has 4 nitrogen and oxygen atoms in total. The quantitative estimate of drug-likeness (QED) is 0.526. The highest BCUT2D eigenvalue weighted by Gasteiger charge is 2.25. The van der Waals surface area contributed by atoms with Crippen molar-refractivity contribution in [3.8, 4) is 0 Å². The van der Waals surface area contributed by atoms with E-state index in [9.17, 15) is 9.90 Å². The minimum absolute atomic E-state index is 0.0301. The number of carboxylic acid groups (broad SMARTS) is 1. The SMILES string of the molecule is CCOC(C)(C)c1ccc(C(CC)CC(=O)O)cc1Nc1ccc(Cl)cc1. The lowest BCUT2D eigenvalue weighted by atomic mass is 9.88. The second-order valence-corrected chi connectivity index (χ2v) is 7.52. The summed E-state index contributed by atoms with van der Waals surface area (Å²) in [4.78, 5) is 11.2. The maximum Gasteiger partial charge on any atom is 0.303 e. The summed E-state index contributed by atoms with van der Waals surface area (Å²) in [7, 11) is 0. The van der Waals surface area contributed by atoms with Crippen LogP contribution < -0.4 is 5.32 Å². The summed E-state index contributed by atoms with van der Waals surface area (Å²) in [6, 6.07) is 13.6. The van der Waals surface area contributed by atoms with Gasteiger partial charge in [0.15, 0.2) is 0 Å². The summed E-state index contributed by atoms with van der Waals surface area (Å²) >= 11 is 5.99. The molecule has 0 saturated heterocycles. The van der Waals surface area contributed by atoms with E-state index in [-0.39, 0.29) is 12.3 Å². The molecule has 0 saturated carbocycles. The first kappa shape index (κ1) is 21.3. The van der Waals surface area contributed by atoms with Gasteiger partial charge in [0.05, 0.1) is 12.0 Å². The molecule has 2 N–H and O–H groups in total. The van der Waals surface area contributed by atoms with Gasteiger partial charge in [-0.2, -0.15) is 0 Å². The van der Waals surface area contributed by atoms with Crippen molar-refractivity contribution in [1.82, 2.24) is 0 Å². The van der Waals surface area contributed by atoms with Crippen molar-refractivity contribution in [2.24, 2.45) is 0 Å². The van der Waals surface area contributed by atoms with Crippen LogP contribution in [0.2, 0.25) is 5.02 Å².